The number of nitriles is 1. The zero-order chi connectivity index (χ0) is 21.0. The summed E-state index contributed by atoms with van der Waals surface area (Å²) in [5.41, 5.74) is 2.65. The number of aromatic nitrogens is 3. The first-order valence-corrected chi connectivity index (χ1v) is 10.7. The van der Waals surface area contributed by atoms with Crippen molar-refractivity contribution in [1.29, 1.82) is 5.26 Å². The van der Waals surface area contributed by atoms with Crippen molar-refractivity contribution in [2.75, 3.05) is 37.7 Å². The zero-order valence-electron chi connectivity index (χ0n) is 17.3. The Labute approximate surface area is 181 Å². The summed E-state index contributed by atoms with van der Waals surface area (Å²) in [4.78, 5) is 13.8. The first-order valence-electron chi connectivity index (χ1n) is 10.7. The predicted octanol–water partition coefficient (Wildman–Crippen LogP) is 3.18. The number of hydrogen-bond donors (Lipinski definition) is 0. The summed E-state index contributed by atoms with van der Waals surface area (Å²) < 4.78 is 11.1. The van der Waals surface area contributed by atoms with Gasteiger partial charge >= 0.3 is 0 Å². The van der Waals surface area contributed by atoms with Crippen molar-refractivity contribution in [3.8, 4) is 17.5 Å². The van der Waals surface area contributed by atoms with E-state index in [-0.39, 0.29) is 6.04 Å². The Hall–Kier alpha value is -3.28. The van der Waals surface area contributed by atoms with Gasteiger partial charge in [0.25, 0.3) is 0 Å². The number of hydrogen-bond acceptors (Lipinski definition) is 8. The molecular weight excluding hydrogens is 392 g/mol. The molecular formula is C23H24N6O2. The summed E-state index contributed by atoms with van der Waals surface area (Å²) in [7, 11) is 0. The second-order valence-corrected chi connectivity index (χ2v) is 7.90. The second kappa shape index (κ2) is 8.84. The molecule has 4 heterocycles. The van der Waals surface area contributed by atoms with E-state index in [0.29, 0.717) is 17.3 Å². The summed E-state index contributed by atoms with van der Waals surface area (Å²) in [6.45, 7) is 4.90. The maximum Gasteiger partial charge on any atom is 0.244 e. The van der Waals surface area contributed by atoms with Crippen LogP contribution in [0.2, 0.25) is 0 Å². The SMILES string of the molecule is N#Cc1cccc(CN2CCCC2c2nc(-c3ccc(N4CCOCC4)nc3)no2)c1. The molecule has 0 spiro atoms. The lowest BCUT2D eigenvalue weighted by Crippen LogP contribution is -2.36. The van der Waals surface area contributed by atoms with Gasteiger partial charge in [0.2, 0.25) is 11.7 Å². The van der Waals surface area contributed by atoms with E-state index in [4.69, 9.17) is 14.5 Å². The van der Waals surface area contributed by atoms with Gasteiger partial charge in [-0.25, -0.2) is 4.98 Å². The lowest BCUT2D eigenvalue weighted by atomic mass is 10.1. The molecule has 31 heavy (non-hydrogen) atoms. The number of rotatable bonds is 5. The smallest absolute Gasteiger partial charge is 0.244 e. The summed E-state index contributed by atoms with van der Waals surface area (Å²) in [6.07, 6.45) is 3.86. The molecule has 1 atom stereocenters. The zero-order valence-corrected chi connectivity index (χ0v) is 17.3. The largest absolute Gasteiger partial charge is 0.378 e. The number of morpholine rings is 1. The van der Waals surface area contributed by atoms with Crippen LogP contribution in [0.5, 0.6) is 0 Å². The molecule has 2 saturated heterocycles. The molecule has 1 unspecified atom stereocenters. The van der Waals surface area contributed by atoms with E-state index in [2.05, 4.69) is 37.1 Å². The van der Waals surface area contributed by atoms with Crippen molar-refractivity contribution in [2.24, 2.45) is 0 Å². The second-order valence-electron chi connectivity index (χ2n) is 7.90. The molecule has 2 aliphatic rings. The molecule has 0 bridgehead atoms. The van der Waals surface area contributed by atoms with Crippen molar-refractivity contribution in [2.45, 2.75) is 25.4 Å². The minimum Gasteiger partial charge on any atom is -0.378 e. The molecule has 3 aromatic rings. The number of ether oxygens (including phenoxy) is 1. The molecule has 0 saturated carbocycles. The average Bonchev–Trinajstić information content (AvgIpc) is 3.49. The molecule has 0 N–H and O–H groups in total. The van der Waals surface area contributed by atoms with E-state index in [0.717, 1.165) is 69.2 Å². The highest BCUT2D eigenvalue weighted by Crippen LogP contribution is 2.33. The third-order valence-corrected chi connectivity index (χ3v) is 5.87. The maximum absolute atomic E-state index is 9.14. The van der Waals surface area contributed by atoms with Gasteiger partial charge in [-0.1, -0.05) is 17.3 Å². The first kappa shape index (κ1) is 19.7. The minimum absolute atomic E-state index is 0.0903. The number of benzene rings is 1. The third-order valence-electron chi connectivity index (χ3n) is 5.87. The molecule has 8 nitrogen and oxygen atoms in total. The predicted molar refractivity (Wildman–Crippen MR) is 114 cm³/mol. The Morgan fingerprint density at radius 2 is 2.03 bits per heavy atom. The van der Waals surface area contributed by atoms with Crippen molar-refractivity contribution in [1.82, 2.24) is 20.0 Å². The monoisotopic (exact) mass is 416 g/mol. The molecule has 2 aromatic heterocycles. The highest BCUT2D eigenvalue weighted by Gasteiger charge is 2.31. The number of nitrogens with zero attached hydrogens (tertiary/aromatic N) is 6. The summed E-state index contributed by atoms with van der Waals surface area (Å²) >= 11 is 0. The Kier molecular flexibility index (Phi) is 5.61. The van der Waals surface area contributed by atoms with E-state index in [9.17, 15) is 0 Å². The van der Waals surface area contributed by atoms with Crippen LogP contribution >= 0.6 is 0 Å². The van der Waals surface area contributed by atoms with Crippen LogP contribution in [0.3, 0.4) is 0 Å². The molecule has 1 aromatic carbocycles. The molecule has 5 rings (SSSR count). The van der Waals surface area contributed by atoms with Gasteiger partial charge in [0, 0.05) is 31.4 Å². The van der Waals surface area contributed by atoms with E-state index >= 15 is 0 Å². The normalized spacial score (nSPS) is 19.5. The summed E-state index contributed by atoms with van der Waals surface area (Å²) in [6, 6.07) is 14.0. The van der Waals surface area contributed by atoms with Gasteiger partial charge in [0.15, 0.2) is 0 Å². The van der Waals surface area contributed by atoms with Crippen molar-refractivity contribution in [3.63, 3.8) is 0 Å². The molecule has 0 aliphatic carbocycles. The first-order chi connectivity index (χ1) is 15.3. The van der Waals surface area contributed by atoms with Crippen LogP contribution in [0.4, 0.5) is 5.82 Å². The van der Waals surface area contributed by atoms with Gasteiger partial charge in [0.05, 0.1) is 30.9 Å². The molecule has 0 radical (unpaired) electrons. The molecule has 2 fully saturated rings. The average molecular weight is 416 g/mol. The third kappa shape index (κ3) is 4.29. The van der Waals surface area contributed by atoms with Crippen LogP contribution in [-0.2, 0) is 11.3 Å². The lowest BCUT2D eigenvalue weighted by Gasteiger charge is -2.27. The van der Waals surface area contributed by atoms with Gasteiger partial charge in [0.1, 0.15) is 5.82 Å². The molecule has 8 heteroatoms. The Balaban J connectivity index is 1.29. The highest BCUT2D eigenvalue weighted by molar-refractivity contribution is 5.56. The standard InChI is InChI=1S/C23H24N6O2/c24-14-17-3-1-4-18(13-17)16-29-8-2-5-20(29)23-26-22(27-31-23)19-6-7-21(25-15-19)28-9-11-30-12-10-28/h1,3-4,6-7,13,15,20H,2,5,8-12,16H2. The van der Waals surface area contributed by atoms with Gasteiger partial charge in [-0.15, -0.1) is 0 Å². The van der Waals surface area contributed by atoms with Crippen LogP contribution in [0.15, 0.2) is 47.1 Å². The minimum atomic E-state index is 0.0903. The fraction of sp³-hybridized carbons (Fsp3) is 0.391. The molecule has 0 amide bonds. The van der Waals surface area contributed by atoms with Crippen LogP contribution in [-0.4, -0.2) is 52.9 Å². The van der Waals surface area contributed by atoms with E-state index in [1.165, 1.54) is 0 Å². The highest BCUT2D eigenvalue weighted by atomic mass is 16.5. The van der Waals surface area contributed by atoms with Gasteiger partial charge in [-0.3, -0.25) is 4.90 Å². The lowest BCUT2D eigenvalue weighted by molar-refractivity contribution is 0.122. The maximum atomic E-state index is 9.14. The van der Waals surface area contributed by atoms with E-state index in [1.54, 1.807) is 6.20 Å². The van der Waals surface area contributed by atoms with E-state index < -0.39 is 0 Å². The van der Waals surface area contributed by atoms with E-state index in [1.807, 2.05) is 30.3 Å². The van der Waals surface area contributed by atoms with Gasteiger partial charge < -0.3 is 14.2 Å². The number of anilines is 1. The fourth-order valence-electron chi connectivity index (χ4n) is 4.25. The fourth-order valence-corrected chi connectivity index (χ4v) is 4.25. The molecule has 158 valence electrons. The van der Waals surface area contributed by atoms with Crippen molar-refractivity contribution >= 4 is 5.82 Å². The summed E-state index contributed by atoms with van der Waals surface area (Å²) in [5.74, 6) is 2.15. The Morgan fingerprint density at radius 3 is 2.84 bits per heavy atom. The van der Waals surface area contributed by atoms with Crippen LogP contribution < -0.4 is 4.90 Å². The number of likely N-dealkylation sites (tertiary alicyclic amines) is 1. The quantitative estimate of drug-likeness (QED) is 0.626. The van der Waals surface area contributed by atoms with Crippen LogP contribution in [0.1, 0.15) is 35.9 Å². The van der Waals surface area contributed by atoms with Gasteiger partial charge in [-0.2, -0.15) is 10.2 Å². The Morgan fingerprint density at radius 1 is 1.13 bits per heavy atom. The van der Waals surface area contributed by atoms with Crippen LogP contribution in [0.25, 0.3) is 11.4 Å². The van der Waals surface area contributed by atoms with Gasteiger partial charge in [-0.05, 0) is 49.2 Å². The Bertz CT molecular complexity index is 1070. The van der Waals surface area contributed by atoms with Crippen molar-refractivity contribution in [3.05, 3.63) is 59.6 Å². The summed E-state index contributed by atoms with van der Waals surface area (Å²) in [5, 5.41) is 13.4. The number of pyridine rings is 1. The molecule has 2 aliphatic heterocycles. The van der Waals surface area contributed by atoms with Crippen LogP contribution in [0, 0.1) is 11.3 Å². The van der Waals surface area contributed by atoms with Crippen molar-refractivity contribution < 1.29 is 9.26 Å². The topological polar surface area (TPSA) is 91.3 Å².